The number of carbonyl (C=O) groups excluding carboxylic acids is 1. The van der Waals surface area contributed by atoms with E-state index in [-0.39, 0.29) is 46.5 Å². The van der Waals surface area contributed by atoms with E-state index in [2.05, 4.69) is 0 Å². The molecule has 3 rings (SSSR count). The van der Waals surface area contributed by atoms with E-state index in [9.17, 15) is 13.2 Å². The van der Waals surface area contributed by atoms with Crippen LogP contribution in [0.4, 0.5) is 0 Å². The van der Waals surface area contributed by atoms with Crippen molar-refractivity contribution in [1.29, 1.82) is 0 Å². The molecule has 1 aliphatic rings. The van der Waals surface area contributed by atoms with E-state index in [1.165, 1.54) is 29.6 Å². The van der Waals surface area contributed by atoms with Gasteiger partial charge in [0, 0.05) is 13.1 Å². The number of sulfonamides is 1. The lowest BCUT2D eigenvalue weighted by molar-refractivity contribution is -0.0440. The van der Waals surface area contributed by atoms with Gasteiger partial charge in [-0.05, 0) is 44.2 Å². The fourth-order valence-electron chi connectivity index (χ4n) is 3.16. The molecule has 2 aromatic carbocycles. The minimum atomic E-state index is -3.91. The Balaban J connectivity index is 1.90. The van der Waals surface area contributed by atoms with Crippen molar-refractivity contribution in [2.75, 3.05) is 20.2 Å². The van der Waals surface area contributed by atoms with Gasteiger partial charge in [0.15, 0.2) is 11.5 Å². The number of ether oxygens (including phenoxy) is 3. The van der Waals surface area contributed by atoms with Gasteiger partial charge in [0.05, 0.1) is 29.9 Å². The van der Waals surface area contributed by atoms with Crippen LogP contribution in [0.3, 0.4) is 0 Å². The van der Waals surface area contributed by atoms with Gasteiger partial charge in [-0.1, -0.05) is 23.7 Å². The summed E-state index contributed by atoms with van der Waals surface area (Å²) >= 11 is 6.18. The van der Waals surface area contributed by atoms with Crippen molar-refractivity contribution in [2.45, 2.75) is 31.0 Å². The lowest BCUT2D eigenvalue weighted by atomic mass is 10.2. The Hall–Kier alpha value is -2.13. The van der Waals surface area contributed by atoms with Crippen LogP contribution in [0.1, 0.15) is 24.2 Å². The van der Waals surface area contributed by atoms with Crippen molar-refractivity contribution in [3.05, 3.63) is 53.1 Å². The second kappa shape index (κ2) is 8.71. The highest BCUT2D eigenvalue weighted by Crippen LogP contribution is 2.30. The fraction of sp³-hybridized carbons (Fsp3) is 0.350. The molecule has 1 fully saturated rings. The quantitative estimate of drug-likeness (QED) is 0.524. The zero-order chi connectivity index (χ0) is 21.2. The minimum Gasteiger partial charge on any atom is -0.493 e. The number of methoxy groups -OCH3 is 1. The Labute approximate surface area is 175 Å². The number of rotatable bonds is 5. The molecule has 2 atom stereocenters. The maximum Gasteiger partial charge on any atom is 0.343 e. The van der Waals surface area contributed by atoms with E-state index in [4.69, 9.17) is 25.8 Å². The molecule has 0 saturated carbocycles. The van der Waals surface area contributed by atoms with E-state index >= 15 is 0 Å². The summed E-state index contributed by atoms with van der Waals surface area (Å²) in [7, 11) is -2.45. The molecule has 1 aliphatic heterocycles. The van der Waals surface area contributed by atoms with Crippen LogP contribution < -0.4 is 9.47 Å². The number of halogens is 1. The summed E-state index contributed by atoms with van der Waals surface area (Å²) in [4.78, 5) is 12.5. The van der Waals surface area contributed by atoms with Gasteiger partial charge in [-0.15, -0.1) is 0 Å². The summed E-state index contributed by atoms with van der Waals surface area (Å²) in [5, 5.41) is 0.0330. The van der Waals surface area contributed by atoms with Crippen molar-refractivity contribution in [3.8, 4) is 11.5 Å². The van der Waals surface area contributed by atoms with Gasteiger partial charge >= 0.3 is 5.97 Å². The number of hydrogen-bond donors (Lipinski definition) is 0. The van der Waals surface area contributed by atoms with Crippen LogP contribution in [0, 0.1) is 0 Å². The van der Waals surface area contributed by atoms with Gasteiger partial charge in [0.2, 0.25) is 10.0 Å². The number of carbonyl (C=O) groups is 1. The van der Waals surface area contributed by atoms with Crippen LogP contribution in [-0.4, -0.2) is 51.1 Å². The maximum absolute atomic E-state index is 13.1. The van der Waals surface area contributed by atoms with Gasteiger partial charge in [-0.2, -0.15) is 4.31 Å². The van der Waals surface area contributed by atoms with Gasteiger partial charge in [0.25, 0.3) is 0 Å². The van der Waals surface area contributed by atoms with Crippen molar-refractivity contribution >= 4 is 27.6 Å². The molecule has 0 N–H and O–H groups in total. The number of nitrogens with zero attached hydrogens (tertiary/aromatic N) is 1. The summed E-state index contributed by atoms with van der Waals surface area (Å²) in [6.07, 6.45) is -0.489. The van der Waals surface area contributed by atoms with Crippen molar-refractivity contribution < 1.29 is 27.4 Å². The molecule has 0 radical (unpaired) electrons. The molecule has 1 saturated heterocycles. The molecule has 0 bridgehead atoms. The fourth-order valence-corrected chi connectivity index (χ4v) is 5.25. The highest BCUT2D eigenvalue weighted by molar-refractivity contribution is 7.89. The zero-order valence-corrected chi connectivity index (χ0v) is 17.9. The Morgan fingerprint density at radius 2 is 1.72 bits per heavy atom. The zero-order valence-electron chi connectivity index (χ0n) is 16.3. The molecule has 0 unspecified atom stereocenters. The number of morpholine rings is 1. The van der Waals surface area contributed by atoms with E-state index in [0.717, 1.165) is 0 Å². The molecule has 0 aliphatic carbocycles. The van der Waals surface area contributed by atoms with Gasteiger partial charge < -0.3 is 14.2 Å². The second-order valence-corrected chi connectivity index (χ2v) is 9.08. The first-order valence-corrected chi connectivity index (χ1v) is 10.8. The lowest BCUT2D eigenvalue weighted by Crippen LogP contribution is -2.48. The predicted molar refractivity (Wildman–Crippen MR) is 108 cm³/mol. The summed E-state index contributed by atoms with van der Waals surface area (Å²) in [6, 6.07) is 10.7. The largest absolute Gasteiger partial charge is 0.493 e. The summed E-state index contributed by atoms with van der Waals surface area (Å²) in [5.74, 6) is -0.0968. The van der Waals surface area contributed by atoms with Crippen molar-refractivity contribution in [2.24, 2.45) is 0 Å². The third-order valence-electron chi connectivity index (χ3n) is 4.44. The van der Waals surface area contributed by atoms with E-state index in [1.54, 1.807) is 38.1 Å². The van der Waals surface area contributed by atoms with Gasteiger partial charge in [0.1, 0.15) is 4.90 Å². The molecule has 0 spiro atoms. The number of benzene rings is 2. The average Bonchev–Trinajstić information content (AvgIpc) is 2.67. The second-order valence-electron chi connectivity index (χ2n) is 6.76. The maximum atomic E-state index is 13.1. The molecule has 156 valence electrons. The molecule has 29 heavy (non-hydrogen) atoms. The lowest BCUT2D eigenvalue weighted by Gasteiger charge is -2.34. The van der Waals surface area contributed by atoms with Crippen LogP contribution >= 0.6 is 11.6 Å². The molecule has 2 aromatic rings. The standard InChI is InChI=1S/C20H22ClNO6S/c1-13-11-22(12-14(2)27-13)29(24,25)19-10-15(8-9-16(19)21)20(23)28-18-7-5-4-6-17(18)26-3/h4-10,13-14H,11-12H2,1-3H3/t13-,14+. The first-order chi connectivity index (χ1) is 13.7. The summed E-state index contributed by atoms with van der Waals surface area (Å²) in [6.45, 7) is 4.03. The number of hydrogen-bond acceptors (Lipinski definition) is 6. The number of esters is 1. The highest BCUT2D eigenvalue weighted by atomic mass is 35.5. The smallest absolute Gasteiger partial charge is 0.343 e. The first-order valence-electron chi connectivity index (χ1n) is 9.02. The topological polar surface area (TPSA) is 82.1 Å². The van der Waals surface area contributed by atoms with Crippen LogP contribution in [0.5, 0.6) is 11.5 Å². The van der Waals surface area contributed by atoms with Crippen molar-refractivity contribution in [1.82, 2.24) is 4.31 Å². The van der Waals surface area contributed by atoms with E-state index in [1.807, 2.05) is 0 Å². The molecule has 0 amide bonds. The Kier molecular flexibility index (Phi) is 6.48. The Morgan fingerprint density at radius 1 is 1.10 bits per heavy atom. The monoisotopic (exact) mass is 439 g/mol. The summed E-state index contributed by atoms with van der Waals surface area (Å²) < 4.78 is 43.8. The van der Waals surface area contributed by atoms with Crippen LogP contribution in [-0.2, 0) is 14.8 Å². The minimum absolute atomic E-state index is 0.0330. The molecular formula is C20H22ClNO6S. The third-order valence-corrected chi connectivity index (χ3v) is 6.76. The van der Waals surface area contributed by atoms with Gasteiger partial charge in [-0.3, -0.25) is 0 Å². The molecule has 7 nitrogen and oxygen atoms in total. The Morgan fingerprint density at radius 3 is 2.34 bits per heavy atom. The highest BCUT2D eigenvalue weighted by Gasteiger charge is 2.34. The van der Waals surface area contributed by atoms with E-state index in [0.29, 0.717) is 5.75 Å². The Bertz CT molecular complexity index is 1000. The van der Waals surface area contributed by atoms with Crippen LogP contribution in [0.15, 0.2) is 47.4 Å². The van der Waals surface area contributed by atoms with Crippen molar-refractivity contribution in [3.63, 3.8) is 0 Å². The van der Waals surface area contributed by atoms with Crippen LogP contribution in [0.2, 0.25) is 5.02 Å². The predicted octanol–water partition coefficient (Wildman–Crippen LogP) is 3.37. The normalized spacial score (nSPS) is 20.3. The average molecular weight is 440 g/mol. The SMILES string of the molecule is COc1ccccc1OC(=O)c1ccc(Cl)c(S(=O)(=O)N2C[C@@H](C)O[C@@H](C)C2)c1. The molecular weight excluding hydrogens is 418 g/mol. The molecule has 1 heterocycles. The van der Waals surface area contributed by atoms with Gasteiger partial charge in [-0.25, -0.2) is 13.2 Å². The van der Waals surface area contributed by atoms with E-state index < -0.39 is 16.0 Å². The summed E-state index contributed by atoms with van der Waals surface area (Å²) in [5.41, 5.74) is 0.0632. The third kappa shape index (κ3) is 4.72. The number of para-hydroxylation sites is 2. The molecule has 0 aromatic heterocycles. The van der Waals surface area contributed by atoms with Crippen LogP contribution in [0.25, 0.3) is 0 Å². The first kappa shape index (κ1) is 21.6. The molecule has 9 heteroatoms.